The largest absolute Gasteiger partial charge is 0.334 e. The quantitative estimate of drug-likeness (QED) is 0.0725. The third kappa shape index (κ3) is 23.3. The molecule has 8 fully saturated rings. The number of para-hydroxylation sites is 1. The minimum absolute atomic E-state index is 0.219. The highest BCUT2D eigenvalue weighted by molar-refractivity contribution is 6.31. The van der Waals surface area contributed by atoms with Crippen molar-refractivity contribution >= 4 is 23.2 Å². The van der Waals surface area contributed by atoms with Gasteiger partial charge >= 0.3 is 0 Å². The van der Waals surface area contributed by atoms with Crippen molar-refractivity contribution in [3.63, 3.8) is 0 Å². The summed E-state index contributed by atoms with van der Waals surface area (Å²) in [5.74, 6) is 5.92. The molecule has 8 aliphatic heterocycles. The molecule has 8 saturated heterocycles. The molecule has 132 heavy (non-hydrogen) atoms. The number of nitrogens with zero attached hydrogens (tertiary/aromatic N) is 24. The first-order valence-electron chi connectivity index (χ1n) is 48.9. The number of aryl methyl sites for hydroxylation is 4. The van der Waals surface area contributed by atoms with Crippen LogP contribution in [0.1, 0.15) is 300 Å². The summed E-state index contributed by atoms with van der Waals surface area (Å²) < 4.78 is 13.8. The number of likely N-dealkylation sites (tertiary alicyclic amines) is 6. The molecule has 0 spiro atoms. The molecule has 10 atom stereocenters. The highest BCUT2D eigenvalue weighted by Gasteiger charge is 2.40. The van der Waals surface area contributed by atoms with Crippen molar-refractivity contribution in [3.8, 4) is 5.69 Å². The van der Waals surface area contributed by atoms with E-state index >= 15 is 0 Å². The maximum atomic E-state index is 6.45. The zero-order chi connectivity index (χ0) is 91.6. The predicted molar refractivity (Wildman–Crippen MR) is 526 cm³/mol. The second-order valence-electron chi connectivity index (χ2n) is 38.5. The lowest BCUT2D eigenvalue weighted by atomic mass is 9.91. The Balaban J connectivity index is 0.000000121. The third-order valence-corrected chi connectivity index (χ3v) is 30.0. The fraction of sp³-hybridized carbons (Fsp3) is 0.529. The fourth-order valence-electron chi connectivity index (χ4n) is 22.0. The Hall–Kier alpha value is -9.55. The number of piperidine rings is 8. The number of benzene rings is 1. The summed E-state index contributed by atoms with van der Waals surface area (Å²) >= 11 is 12.9. The lowest BCUT2D eigenvalue weighted by Gasteiger charge is -2.40. The standard InChI is InChI=1S/C24H26N6.C21H31N5.C20H28ClN5.C20H29N5.C19H28ClN5/c1-18-7-5-12-25-23(18)20-9-4-10-21(28-20)24-26-14-16-29(24)17-19-8-2-3-11-22(19)30-15-6-13-27-30;1-16-6-5-11-22-20(16)18-7-4-8-19(25(18)3)21-23-12-15-26(21)17-9-13-24(2)14-10-17;1-24-12-8-15(9-13-24)26-14-11-23-20(26)18-7-3-6-17(25(18)2)19-16(21)5-4-10-22-19;1-15-5-4-10-21-19(15)17-6-3-7-18(23-17)20-22-11-14-25(20)16-8-12-24(2)13-9-16;1-23(2)12-6-13-25-14-11-22-19(25)17-9-4-8-16(24(17)3)18-15(20)7-5-10-21-18/h2-3,5-8,11-16,20-21,28H,4,9-10,17H2,1H3;5-6,11-12,15,17-19H,4,7-10,13-14H2,1-3H3;4-5,10-11,14-15,17-18H,3,6-9,12-13H2,1-2H3;4-5,10-11,14,16-18,23H,3,6-9,12-13H2,1-2H3;5,7,10-11,14,16-17H,4,6,8-9,12-13H2,1-3H3/t20-,21+;18-,19+;2*17-,18+;16-,17+/m00000/s1. The predicted octanol–water partition coefficient (Wildman–Crippen LogP) is 19.4. The van der Waals surface area contributed by atoms with Gasteiger partial charge in [-0.2, -0.15) is 5.10 Å². The second kappa shape index (κ2) is 46.1. The number of hydrogen-bond acceptors (Lipinski definition) is 20. The minimum Gasteiger partial charge on any atom is -0.334 e. The van der Waals surface area contributed by atoms with Crippen LogP contribution in [0.25, 0.3) is 5.69 Å². The Bertz CT molecular complexity index is 5390. The molecule has 0 aliphatic carbocycles. The molecule has 28 heteroatoms. The molecule has 8 aliphatic rings. The first-order chi connectivity index (χ1) is 64.4. The number of aromatic nitrogens is 17. The van der Waals surface area contributed by atoms with Gasteiger partial charge in [0.25, 0.3) is 0 Å². The summed E-state index contributed by atoms with van der Waals surface area (Å²) in [5.41, 5.74) is 11.7. The van der Waals surface area contributed by atoms with E-state index in [1.54, 1.807) is 0 Å². The Kier molecular flexibility index (Phi) is 33.4. The number of nitrogens with one attached hydrogen (secondary N) is 2. The Morgan fingerprint density at radius 3 is 1.16 bits per heavy atom. The van der Waals surface area contributed by atoms with Crippen molar-refractivity contribution in [2.24, 2.45) is 0 Å². The van der Waals surface area contributed by atoms with Gasteiger partial charge in [-0.3, -0.25) is 50.3 Å². The Labute approximate surface area is 793 Å². The van der Waals surface area contributed by atoms with E-state index in [4.69, 9.17) is 53.1 Å². The van der Waals surface area contributed by atoms with Crippen LogP contribution < -0.4 is 10.6 Å². The zero-order valence-corrected chi connectivity index (χ0v) is 81.4. The Morgan fingerprint density at radius 2 is 0.705 bits per heavy atom. The zero-order valence-electron chi connectivity index (χ0n) is 79.9. The van der Waals surface area contributed by atoms with Gasteiger partial charge in [-0.1, -0.05) is 59.6 Å². The van der Waals surface area contributed by atoms with E-state index in [0.717, 1.165) is 148 Å². The first kappa shape index (κ1) is 95.6. The molecule has 0 radical (unpaired) electrons. The van der Waals surface area contributed by atoms with Gasteiger partial charge in [-0.15, -0.1) is 0 Å². The maximum Gasteiger partial charge on any atom is 0.126 e. The molecular weight excluding hydrogens is 1680 g/mol. The van der Waals surface area contributed by atoms with Crippen molar-refractivity contribution in [2.45, 2.75) is 254 Å². The van der Waals surface area contributed by atoms with E-state index < -0.39 is 0 Å². The van der Waals surface area contributed by atoms with E-state index in [-0.39, 0.29) is 24.2 Å². The Morgan fingerprint density at radius 1 is 0.333 bits per heavy atom. The molecule has 2 N–H and O–H groups in total. The molecule has 20 rings (SSSR count). The monoisotopic (exact) mass is 1830 g/mol. The summed E-state index contributed by atoms with van der Waals surface area (Å²) in [4.78, 5) is 63.8. The van der Waals surface area contributed by atoms with Crippen LogP contribution in [0.2, 0.25) is 10.0 Å². The third-order valence-electron chi connectivity index (χ3n) is 29.4. The topological polar surface area (TPSA) is 218 Å². The van der Waals surface area contributed by atoms with Crippen LogP contribution in [0.3, 0.4) is 0 Å². The molecule has 1 aromatic carbocycles. The van der Waals surface area contributed by atoms with Crippen molar-refractivity contribution in [1.82, 2.24) is 127 Å². The number of pyridine rings is 5. The molecule has 11 aromatic heterocycles. The van der Waals surface area contributed by atoms with Crippen molar-refractivity contribution in [2.75, 3.05) is 102 Å². The molecule has 0 amide bonds. The van der Waals surface area contributed by atoms with E-state index in [1.165, 1.54) is 148 Å². The van der Waals surface area contributed by atoms with Gasteiger partial charge in [0.1, 0.15) is 29.1 Å². The van der Waals surface area contributed by atoms with Gasteiger partial charge in [0.15, 0.2) is 0 Å². The summed E-state index contributed by atoms with van der Waals surface area (Å²) in [6, 6.07) is 35.4. The van der Waals surface area contributed by atoms with Gasteiger partial charge in [0.2, 0.25) is 0 Å². The average molecular weight is 1830 g/mol. The lowest BCUT2D eigenvalue weighted by molar-refractivity contribution is 0.0997. The summed E-state index contributed by atoms with van der Waals surface area (Å²) in [6.07, 6.45) is 59.4. The van der Waals surface area contributed by atoms with E-state index in [2.05, 4.69) is 243 Å². The highest BCUT2D eigenvalue weighted by Crippen LogP contribution is 2.46. The molecule has 26 nitrogen and oxygen atoms in total. The smallest absolute Gasteiger partial charge is 0.126 e. The van der Waals surface area contributed by atoms with E-state index in [9.17, 15) is 0 Å². The normalized spacial score (nSPS) is 23.7. The molecule has 0 unspecified atom stereocenters. The molecule has 19 heterocycles. The average Bonchev–Trinajstić information content (AvgIpc) is 1.55. The number of hydrogen-bond donors (Lipinski definition) is 2. The molecule has 0 bridgehead atoms. The van der Waals surface area contributed by atoms with Gasteiger partial charge in [-0.05, 0) is 341 Å². The van der Waals surface area contributed by atoms with Crippen molar-refractivity contribution in [1.29, 1.82) is 0 Å². The first-order valence-corrected chi connectivity index (χ1v) is 49.7. The van der Waals surface area contributed by atoms with Crippen LogP contribution in [0.4, 0.5) is 0 Å². The highest BCUT2D eigenvalue weighted by atomic mass is 35.5. The maximum absolute atomic E-state index is 6.45. The van der Waals surface area contributed by atoms with E-state index in [1.807, 2.05) is 128 Å². The van der Waals surface area contributed by atoms with Crippen LogP contribution in [0.15, 0.2) is 196 Å². The molecule has 12 aromatic rings. The van der Waals surface area contributed by atoms with Crippen LogP contribution in [-0.2, 0) is 13.1 Å². The molecule has 702 valence electrons. The minimum atomic E-state index is 0.219. The van der Waals surface area contributed by atoms with Gasteiger partial charge < -0.3 is 42.4 Å². The summed E-state index contributed by atoms with van der Waals surface area (Å²) in [5, 5.41) is 13.6. The van der Waals surface area contributed by atoms with Crippen LogP contribution in [0.5, 0.6) is 0 Å². The number of halogens is 2. The number of imidazole rings is 5. The fourth-order valence-corrected chi connectivity index (χ4v) is 22.5. The second-order valence-corrected chi connectivity index (χ2v) is 39.3. The number of rotatable bonds is 20. The summed E-state index contributed by atoms with van der Waals surface area (Å²) in [6.45, 7) is 16.4. The van der Waals surface area contributed by atoms with Gasteiger partial charge in [0.05, 0.1) is 111 Å². The molecule has 0 saturated carbocycles. The van der Waals surface area contributed by atoms with Gasteiger partial charge in [0, 0.05) is 130 Å². The van der Waals surface area contributed by atoms with Crippen molar-refractivity contribution < 1.29 is 0 Å². The van der Waals surface area contributed by atoms with Crippen LogP contribution in [0, 0.1) is 20.8 Å². The SMILES string of the molecule is CN(C)CCCn1ccnc1[C@H]1CCC[C@@H](c2ncccc2Cl)N1C.CN1CCC(n2ccnc2[C@H]2CCC[C@@H](c3ncccc3Cl)N2C)CC1.Cc1cccnc1[C@@H]1CCC[C@H](c2nccn2C2CCN(C)CC2)N1.Cc1cccnc1[C@@H]1CCC[C@H](c2nccn2C2CCN(C)CC2)N1C.Cc1cccnc1[C@@H]1CCC[C@H](c2nccn2Cc2ccccc2-n2cccn2)N1. The van der Waals surface area contributed by atoms with Crippen LogP contribution >= 0.6 is 23.2 Å². The molecular formula is C104H142Cl2N26. The lowest BCUT2D eigenvalue weighted by Crippen LogP contribution is -2.37. The summed E-state index contributed by atoms with van der Waals surface area (Å²) in [7, 11) is 17.5. The van der Waals surface area contributed by atoms with E-state index in [0.29, 0.717) is 54.4 Å². The van der Waals surface area contributed by atoms with Crippen molar-refractivity contribution in [3.05, 3.63) is 286 Å². The van der Waals surface area contributed by atoms with Crippen LogP contribution in [-0.4, -0.2) is 219 Å². The van der Waals surface area contributed by atoms with Gasteiger partial charge in [-0.25, -0.2) is 29.6 Å².